The smallest absolute Gasteiger partial charge is 0.337 e. The normalized spacial score (nSPS) is 10.4. The molecule has 0 atom stereocenters. The Kier molecular flexibility index (Phi) is 4.02. The van der Waals surface area contributed by atoms with Crippen molar-refractivity contribution in [2.75, 3.05) is 7.11 Å². The number of nitro benzene ring substituents is 1. The highest BCUT2D eigenvalue weighted by Crippen LogP contribution is 2.26. The van der Waals surface area contributed by atoms with E-state index in [0.29, 0.717) is 16.7 Å². The van der Waals surface area contributed by atoms with Gasteiger partial charge in [-0.2, -0.15) is 0 Å². The van der Waals surface area contributed by atoms with Crippen molar-refractivity contribution < 1.29 is 18.9 Å². The molecule has 0 radical (unpaired) electrons. The average molecular weight is 325 g/mol. The highest BCUT2D eigenvalue weighted by Gasteiger charge is 2.14. The van der Waals surface area contributed by atoms with Gasteiger partial charge in [0.15, 0.2) is 0 Å². The Morgan fingerprint density at radius 1 is 1.08 bits per heavy atom. The zero-order valence-corrected chi connectivity index (χ0v) is 12.5. The second-order valence-electron chi connectivity index (χ2n) is 4.79. The van der Waals surface area contributed by atoms with E-state index in [-0.39, 0.29) is 17.5 Å². The predicted molar refractivity (Wildman–Crippen MR) is 83.2 cm³/mol. The van der Waals surface area contributed by atoms with E-state index in [4.69, 9.17) is 4.42 Å². The summed E-state index contributed by atoms with van der Waals surface area (Å²) in [4.78, 5) is 21.7. The van der Waals surface area contributed by atoms with Gasteiger partial charge in [-0.15, -0.1) is 10.2 Å². The third-order valence-corrected chi connectivity index (χ3v) is 3.28. The van der Waals surface area contributed by atoms with Gasteiger partial charge < -0.3 is 9.15 Å². The summed E-state index contributed by atoms with van der Waals surface area (Å²) in [5.74, 6) is -0.0250. The molecule has 0 amide bonds. The lowest BCUT2D eigenvalue weighted by atomic mass is 10.1. The van der Waals surface area contributed by atoms with Gasteiger partial charge in [0.25, 0.3) is 5.69 Å². The van der Waals surface area contributed by atoms with E-state index in [1.165, 1.54) is 19.2 Å². The van der Waals surface area contributed by atoms with Gasteiger partial charge in [-0.1, -0.05) is 6.07 Å². The molecular formula is C16H11N3O5. The van der Waals surface area contributed by atoms with Crippen molar-refractivity contribution in [2.24, 2.45) is 0 Å². The summed E-state index contributed by atoms with van der Waals surface area (Å²) in [6.45, 7) is 0. The maximum atomic E-state index is 11.4. The average Bonchev–Trinajstić information content (AvgIpc) is 3.11. The lowest BCUT2D eigenvalue weighted by Gasteiger charge is -1.99. The number of nitrogens with zero attached hydrogens (tertiary/aromatic N) is 3. The molecule has 3 aromatic rings. The van der Waals surface area contributed by atoms with Gasteiger partial charge in [0.05, 0.1) is 17.6 Å². The number of nitro groups is 1. The summed E-state index contributed by atoms with van der Waals surface area (Å²) in [5, 5.41) is 18.7. The quantitative estimate of drug-likeness (QED) is 0.412. The van der Waals surface area contributed by atoms with Gasteiger partial charge in [0.2, 0.25) is 11.8 Å². The number of methoxy groups -OCH3 is 1. The highest BCUT2D eigenvalue weighted by molar-refractivity contribution is 5.89. The molecule has 24 heavy (non-hydrogen) atoms. The third-order valence-electron chi connectivity index (χ3n) is 3.28. The minimum absolute atomic E-state index is 0.0605. The molecule has 1 heterocycles. The van der Waals surface area contributed by atoms with Crippen molar-refractivity contribution in [3.05, 3.63) is 64.2 Å². The molecule has 0 aliphatic heterocycles. The van der Waals surface area contributed by atoms with Crippen LogP contribution in [0.4, 0.5) is 5.69 Å². The summed E-state index contributed by atoms with van der Waals surface area (Å²) in [7, 11) is 1.31. The molecule has 0 N–H and O–H groups in total. The van der Waals surface area contributed by atoms with E-state index in [2.05, 4.69) is 14.9 Å². The van der Waals surface area contributed by atoms with E-state index in [1.54, 1.807) is 36.4 Å². The van der Waals surface area contributed by atoms with Gasteiger partial charge >= 0.3 is 5.97 Å². The Morgan fingerprint density at radius 2 is 1.75 bits per heavy atom. The fourth-order valence-electron chi connectivity index (χ4n) is 2.08. The van der Waals surface area contributed by atoms with Crippen LogP contribution in [0.25, 0.3) is 22.9 Å². The molecule has 120 valence electrons. The topological polar surface area (TPSA) is 108 Å². The van der Waals surface area contributed by atoms with Crippen molar-refractivity contribution in [2.45, 2.75) is 0 Å². The molecule has 1 aromatic heterocycles. The first-order chi connectivity index (χ1) is 11.6. The summed E-state index contributed by atoms with van der Waals surface area (Å²) in [5.41, 5.74) is 1.41. The maximum Gasteiger partial charge on any atom is 0.337 e. The molecule has 0 spiro atoms. The fraction of sp³-hybridized carbons (Fsp3) is 0.0625. The van der Waals surface area contributed by atoms with Crippen LogP contribution in [0, 0.1) is 10.1 Å². The molecule has 0 saturated carbocycles. The molecule has 0 saturated heterocycles. The number of non-ortho nitro benzene ring substituents is 1. The number of benzene rings is 2. The number of aromatic nitrogens is 2. The van der Waals surface area contributed by atoms with Gasteiger partial charge in [0, 0.05) is 23.3 Å². The van der Waals surface area contributed by atoms with E-state index in [9.17, 15) is 14.9 Å². The summed E-state index contributed by atoms with van der Waals surface area (Å²) in [6, 6.07) is 12.4. The molecular weight excluding hydrogens is 314 g/mol. The molecule has 8 heteroatoms. The van der Waals surface area contributed by atoms with E-state index in [0.717, 1.165) is 0 Å². The van der Waals surface area contributed by atoms with Crippen LogP contribution >= 0.6 is 0 Å². The molecule has 0 aliphatic rings. The lowest BCUT2D eigenvalue weighted by molar-refractivity contribution is -0.384. The third kappa shape index (κ3) is 2.98. The Labute approximate surface area is 135 Å². The minimum Gasteiger partial charge on any atom is -0.465 e. The van der Waals surface area contributed by atoms with E-state index < -0.39 is 10.9 Å². The zero-order chi connectivity index (χ0) is 17.1. The van der Waals surface area contributed by atoms with Crippen LogP contribution in [0.3, 0.4) is 0 Å². The van der Waals surface area contributed by atoms with Crippen LogP contribution in [0.15, 0.2) is 52.9 Å². The van der Waals surface area contributed by atoms with Crippen LogP contribution in [0.5, 0.6) is 0 Å². The first-order valence-corrected chi connectivity index (χ1v) is 6.85. The van der Waals surface area contributed by atoms with E-state index >= 15 is 0 Å². The predicted octanol–water partition coefficient (Wildman–Crippen LogP) is 3.10. The molecule has 2 aromatic carbocycles. The molecule has 8 nitrogen and oxygen atoms in total. The monoisotopic (exact) mass is 325 g/mol. The van der Waals surface area contributed by atoms with Crippen LogP contribution in [0.2, 0.25) is 0 Å². The van der Waals surface area contributed by atoms with Crippen LogP contribution in [0.1, 0.15) is 10.4 Å². The SMILES string of the molecule is COC(=O)c1ccc(-c2nnc(-c3cccc([N+](=O)[O-])c3)o2)cc1. The maximum absolute atomic E-state index is 11.4. The van der Waals surface area contributed by atoms with Gasteiger partial charge in [-0.05, 0) is 30.3 Å². The zero-order valence-electron chi connectivity index (χ0n) is 12.5. The van der Waals surface area contributed by atoms with Gasteiger partial charge in [0.1, 0.15) is 0 Å². The number of rotatable bonds is 4. The fourth-order valence-corrected chi connectivity index (χ4v) is 2.08. The number of ether oxygens (including phenoxy) is 1. The summed E-state index contributed by atoms with van der Waals surface area (Å²) < 4.78 is 10.2. The Hall–Kier alpha value is -3.55. The van der Waals surface area contributed by atoms with Crippen molar-refractivity contribution in [1.82, 2.24) is 10.2 Å². The molecule has 3 rings (SSSR count). The van der Waals surface area contributed by atoms with Gasteiger partial charge in [-0.25, -0.2) is 4.79 Å². The van der Waals surface area contributed by atoms with Crippen LogP contribution in [-0.2, 0) is 4.74 Å². The number of carbonyl (C=O) groups is 1. The van der Waals surface area contributed by atoms with Gasteiger partial charge in [-0.3, -0.25) is 10.1 Å². The first kappa shape index (κ1) is 15.3. The largest absolute Gasteiger partial charge is 0.465 e. The Bertz CT molecular complexity index is 902. The minimum atomic E-state index is -0.494. The van der Waals surface area contributed by atoms with E-state index in [1.807, 2.05) is 0 Å². The standard InChI is InChI=1S/C16H11N3O5/c1-23-16(20)11-7-5-10(6-8-11)14-17-18-15(24-14)12-3-2-4-13(9-12)19(21)22/h2-9H,1H3. The number of esters is 1. The molecule has 0 fully saturated rings. The van der Waals surface area contributed by atoms with Crippen molar-refractivity contribution in [3.63, 3.8) is 0 Å². The van der Waals surface area contributed by atoms with Crippen molar-refractivity contribution in [3.8, 4) is 22.9 Å². The lowest BCUT2D eigenvalue weighted by Crippen LogP contribution is -2.00. The van der Waals surface area contributed by atoms with Crippen molar-refractivity contribution >= 4 is 11.7 Å². The van der Waals surface area contributed by atoms with Crippen molar-refractivity contribution in [1.29, 1.82) is 0 Å². The molecule has 0 bridgehead atoms. The first-order valence-electron chi connectivity index (χ1n) is 6.85. The molecule has 0 aliphatic carbocycles. The summed E-state index contributed by atoms with van der Waals surface area (Å²) >= 11 is 0. The summed E-state index contributed by atoms with van der Waals surface area (Å²) in [6.07, 6.45) is 0. The van der Waals surface area contributed by atoms with Crippen LogP contribution in [-0.4, -0.2) is 28.2 Å². The molecule has 0 unspecified atom stereocenters. The number of hydrogen-bond donors (Lipinski definition) is 0. The second kappa shape index (κ2) is 6.29. The number of carbonyl (C=O) groups excluding carboxylic acids is 1. The second-order valence-corrected chi connectivity index (χ2v) is 4.79. The number of hydrogen-bond acceptors (Lipinski definition) is 7. The Morgan fingerprint density at radius 3 is 2.38 bits per heavy atom. The van der Waals surface area contributed by atoms with Crippen LogP contribution < -0.4 is 0 Å². The Balaban J connectivity index is 1.89. The highest BCUT2D eigenvalue weighted by atomic mass is 16.6.